The highest BCUT2D eigenvalue weighted by Gasteiger charge is 2.29. The van der Waals surface area contributed by atoms with Gasteiger partial charge in [0.05, 0.1) is 18.2 Å². The number of nitrogens with zero attached hydrogens (tertiary/aromatic N) is 2. The number of para-hydroxylation sites is 1. The van der Waals surface area contributed by atoms with Crippen LogP contribution in [0.4, 0.5) is 4.39 Å². The summed E-state index contributed by atoms with van der Waals surface area (Å²) in [6.07, 6.45) is 5.02. The SMILES string of the molecule is COC(=O)Cn1c(C)c(C2CCC(NC(=O)c3cnc4ccccc4c3)CC2)c2cc(F)ccc21. The molecule has 1 aliphatic carbocycles. The average molecular weight is 474 g/mol. The fraction of sp³-hybridized carbons (Fsp3) is 0.321. The van der Waals surface area contributed by atoms with Crippen LogP contribution in [0.3, 0.4) is 0 Å². The molecule has 35 heavy (non-hydrogen) atoms. The quantitative estimate of drug-likeness (QED) is 0.401. The van der Waals surface area contributed by atoms with Crippen molar-refractivity contribution in [3.8, 4) is 0 Å². The molecule has 2 aromatic heterocycles. The largest absolute Gasteiger partial charge is 0.468 e. The molecule has 1 saturated carbocycles. The number of benzene rings is 2. The molecule has 5 rings (SSSR count). The number of carbonyl (C=O) groups is 2. The van der Waals surface area contributed by atoms with Gasteiger partial charge in [-0.05, 0) is 74.4 Å². The molecule has 6 nitrogen and oxygen atoms in total. The molecule has 1 N–H and O–H groups in total. The molecule has 4 aromatic rings. The van der Waals surface area contributed by atoms with E-state index in [1.807, 2.05) is 41.8 Å². The van der Waals surface area contributed by atoms with Crippen LogP contribution < -0.4 is 5.32 Å². The van der Waals surface area contributed by atoms with Crippen molar-refractivity contribution < 1.29 is 18.7 Å². The summed E-state index contributed by atoms with van der Waals surface area (Å²) in [5.74, 6) is -0.511. The maximum atomic E-state index is 14.2. The van der Waals surface area contributed by atoms with E-state index in [2.05, 4.69) is 10.3 Å². The predicted octanol–water partition coefficient (Wildman–Crippen LogP) is 5.27. The van der Waals surface area contributed by atoms with Gasteiger partial charge in [-0.25, -0.2) is 4.39 Å². The van der Waals surface area contributed by atoms with Crippen LogP contribution in [0.2, 0.25) is 0 Å². The molecule has 7 heteroatoms. The summed E-state index contributed by atoms with van der Waals surface area (Å²) in [6, 6.07) is 14.4. The van der Waals surface area contributed by atoms with Crippen LogP contribution in [0.1, 0.15) is 53.2 Å². The topological polar surface area (TPSA) is 73.2 Å². The van der Waals surface area contributed by atoms with E-state index in [0.29, 0.717) is 5.56 Å². The first-order valence-corrected chi connectivity index (χ1v) is 12.0. The maximum absolute atomic E-state index is 14.2. The third-order valence-corrected chi connectivity index (χ3v) is 7.17. The summed E-state index contributed by atoms with van der Waals surface area (Å²) in [6.45, 7) is 2.08. The van der Waals surface area contributed by atoms with Gasteiger partial charge in [0.2, 0.25) is 0 Å². The summed E-state index contributed by atoms with van der Waals surface area (Å²) in [7, 11) is 1.37. The highest BCUT2D eigenvalue weighted by atomic mass is 19.1. The van der Waals surface area contributed by atoms with E-state index in [9.17, 15) is 14.0 Å². The molecule has 0 saturated heterocycles. The van der Waals surface area contributed by atoms with Crippen LogP contribution in [0, 0.1) is 12.7 Å². The van der Waals surface area contributed by atoms with E-state index < -0.39 is 0 Å². The Kier molecular flexibility index (Phi) is 6.24. The van der Waals surface area contributed by atoms with E-state index >= 15 is 0 Å². The minimum atomic E-state index is -0.338. The van der Waals surface area contributed by atoms with Crippen LogP contribution in [0.25, 0.3) is 21.8 Å². The van der Waals surface area contributed by atoms with Crippen LogP contribution in [-0.2, 0) is 16.1 Å². The van der Waals surface area contributed by atoms with Crippen molar-refractivity contribution in [2.45, 2.75) is 51.1 Å². The highest BCUT2D eigenvalue weighted by molar-refractivity contribution is 5.97. The number of hydrogen-bond donors (Lipinski definition) is 1. The van der Waals surface area contributed by atoms with Crippen molar-refractivity contribution in [1.29, 1.82) is 0 Å². The molecule has 0 radical (unpaired) electrons. The van der Waals surface area contributed by atoms with Crippen molar-refractivity contribution in [1.82, 2.24) is 14.9 Å². The van der Waals surface area contributed by atoms with E-state index in [0.717, 1.165) is 58.7 Å². The minimum absolute atomic E-state index is 0.0747. The molecular formula is C28H28FN3O3. The normalized spacial score (nSPS) is 18.0. The number of esters is 1. The fourth-order valence-corrected chi connectivity index (χ4v) is 5.38. The van der Waals surface area contributed by atoms with Gasteiger partial charge >= 0.3 is 5.97 Å². The standard InChI is InChI=1S/C28H28FN3O3/c1-17-27(23-14-21(29)9-12-25(23)32(17)16-26(33)35-2)18-7-10-22(11-8-18)31-28(34)20-13-19-5-3-4-6-24(19)30-15-20/h3-6,9,12-15,18,22H,7-8,10-11,16H2,1-2H3,(H,31,34). The van der Waals surface area contributed by atoms with Gasteiger partial charge in [0, 0.05) is 34.2 Å². The van der Waals surface area contributed by atoms with Crippen LogP contribution >= 0.6 is 0 Å². The summed E-state index contributed by atoms with van der Waals surface area (Å²) >= 11 is 0. The zero-order valence-electron chi connectivity index (χ0n) is 19.9. The highest BCUT2D eigenvalue weighted by Crippen LogP contribution is 2.40. The summed E-state index contributed by atoms with van der Waals surface area (Å²) in [5, 5.41) is 4.95. The molecule has 1 fully saturated rings. The lowest BCUT2D eigenvalue weighted by Gasteiger charge is -2.29. The number of fused-ring (bicyclic) bond motifs is 2. The molecule has 0 aliphatic heterocycles. The average Bonchev–Trinajstić information content (AvgIpc) is 3.14. The van der Waals surface area contributed by atoms with Crippen molar-refractivity contribution in [2.75, 3.05) is 7.11 Å². The predicted molar refractivity (Wildman–Crippen MR) is 133 cm³/mol. The second-order valence-electron chi connectivity index (χ2n) is 9.26. The lowest BCUT2D eigenvalue weighted by Crippen LogP contribution is -2.37. The Morgan fingerprint density at radius 1 is 1.11 bits per heavy atom. The first-order valence-electron chi connectivity index (χ1n) is 12.0. The molecule has 0 atom stereocenters. The van der Waals surface area contributed by atoms with Gasteiger partial charge in [-0.1, -0.05) is 18.2 Å². The van der Waals surface area contributed by atoms with Crippen molar-refractivity contribution in [3.63, 3.8) is 0 Å². The van der Waals surface area contributed by atoms with Gasteiger partial charge in [0.15, 0.2) is 0 Å². The number of amides is 1. The van der Waals surface area contributed by atoms with Crippen LogP contribution in [0.15, 0.2) is 54.7 Å². The van der Waals surface area contributed by atoms with Crippen molar-refractivity contribution in [3.05, 3.63) is 77.4 Å². The Morgan fingerprint density at radius 2 is 1.89 bits per heavy atom. The summed E-state index contributed by atoms with van der Waals surface area (Å²) < 4.78 is 20.9. The van der Waals surface area contributed by atoms with Gasteiger partial charge < -0.3 is 14.6 Å². The molecular weight excluding hydrogens is 445 g/mol. The first kappa shape index (κ1) is 23.0. The lowest BCUT2D eigenvalue weighted by molar-refractivity contribution is -0.141. The third kappa shape index (κ3) is 4.50. The molecule has 180 valence electrons. The van der Waals surface area contributed by atoms with Crippen LogP contribution in [-0.4, -0.2) is 34.6 Å². The number of nitrogens with one attached hydrogen (secondary N) is 1. The second kappa shape index (κ2) is 9.49. The van der Waals surface area contributed by atoms with Gasteiger partial charge in [-0.2, -0.15) is 0 Å². The fourth-order valence-electron chi connectivity index (χ4n) is 5.38. The number of carbonyl (C=O) groups excluding carboxylic acids is 2. The minimum Gasteiger partial charge on any atom is -0.468 e. The first-order chi connectivity index (χ1) is 16.9. The number of pyridine rings is 1. The lowest BCUT2D eigenvalue weighted by atomic mass is 9.80. The third-order valence-electron chi connectivity index (χ3n) is 7.17. The number of halogens is 1. The molecule has 2 aromatic carbocycles. The number of hydrogen-bond acceptors (Lipinski definition) is 4. The molecule has 1 aliphatic rings. The van der Waals surface area contributed by atoms with Gasteiger partial charge in [-0.15, -0.1) is 0 Å². The second-order valence-corrected chi connectivity index (χ2v) is 9.26. The van der Waals surface area contributed by atoms with Gasteiger partial charge in [0.1, 0.15) is 12.4 Å². The zero-order valence-corrected chi connectivity index (χ0v) is 19.9. The van der Waals surface area contributed by atoms with E-state index in [1.54, 1.807) is 18.3 Å². The van der Waals surface area contributed by atoms with E-state index in [4.69, 9.17) is 4.74 Å². The smallest absolute Gasteiger partial charge is 0.325 e. The summed E-state index contributed by atoms with van der Waals surface area (Å²) in [4.78, 5) is 29.3. The Labute approximate surface area is 203 Å². The zero-order chi connectivity index (χ0) is 24.5. The molecule has 0 unspecified atom stereocenters. The van der Waals surface area contributed by atoms with Crippen LogP contribution in [0.5, 0.6) is 0 Å². The molecule has 0 spiro atoms. The number of methoxy groups -OCH3 is 1. The molecule has 2 heterocycles. The number of aromatic nitrogens is 2. The number of rotatable bonds is 5. The van der Waals surface area contributed by atoms with Crippen molar-refractivity contribution >= 4 is 33.7 Å². The molecule has 1 amide bonds. The van der Waals surface area contributed by atoms with E-state index in [1.165, 1.54) is 13.2 Å². The van der Waals surface area contributed by atoms with Gasteiger partial charge in [-0.3, -0.25) is 14.6 Å². The Morgan fingerprint density at radius 3 is 2.66 bits per heavy atom. The Bertz CT molecular complexity index is 1420. The van der Waals surface area contributed by atoms with Gasteiger partial charge in [0.25, 0.3) is 5.91 Å². The van der Waals surface area contributed by atoms with E-state index in [-0.39, 0.29) is 36.2 Å². The Hall–Kier alpha value is -3.74. The van der Waals surface area contributed by atoms with Crippen molar-refractivity contribution in [2.24, 2.45) is 0 Å². The Balaban J connectivity index is 1.32. The molecule has 0 bridgehead atoms. The monoisotopic (exact) mass is 473 g/mol. The number of ether oxygens (including phenoxy) is 1. The summed E-state index contributed by atoms with van der Waals surface area (Å²) in [5.41, 5.74) is 4.31. The maximum Gasteiger partial charge on any atom is 0.325 e.